The molecule has 2 aliphatic rings. The highest BCUT2D eigenvalue weighted by atomic mass is 16.6. The van der Waals surface area contributed by atoms with Crippen molar-refractivity contribution in [1.82, 2.24) is 10.2 Å². The normalized spacial score (nSPS) is 15.8. The summed E-state index contributed by atoms with van der Waals surface area (Å²) >= 11 is 0. The van der Waals surface area contributed by atoms with Crippen LogP contribution in [0.3, 0.4) is 0 Å². The second-order valence-corrected chi connectivity index (χ2v) is 7.95. The van der Waals surface area contributed by atoms with Gasteiger partial charge in [-0.1, -0.05) is 12.1 Å². The highest BCUT2D eigenvalue weighted by Crippen LogP contribution is 2.23. The standard InChI is InChI=1S/C23H30N2O6/c1-2-30-23(29)25-12-10-19(11-13-25)24-21(27)15-31-22(28)9-8-20(26)18-7-6-16-4-3-5-17(16)14-18/h6-7,14,19H,2-5,8-13,15H2,1H3,(H,24,27). The van der Waals surface area contributed by atoms with Crippen molar-refractivity contribution in [3.05, 3.63) is 34.9 Å². The predicted octanol–water partition coefficient (Wildman–Crippen LogP) is 2.42. The number of hydrogen-bond acceptors (Lipinski definition) is 6. The molecule has 0 spiro atoms. The highest BCUT2D eigenvalue weighted by Gasteiger charge is 2.25. The van der Waals surface area contributed by atoms with Crippen LogP contribution < -0.4 is 5.32 Å². The SMILES string of the molecule is CCOC(=O)N1CCC(NC(=O)COC(=O)CCC(=O)c2ccc3c(c2)CCC3)CC1. The number of Topliss-reactive ketones (excluding diaryl/α,β-unsaturated/α-hetero) is 1. The van der Waals surface area contributed by atoms with E-state index in [0.717, 1.165) is 19.3 Å². The number of aryl methyl sites for hydroxylation is 2. The maximum absolute atomic E-state index is 12.3. The van der Waals surface area contributed by atoms with E-state index in [2.05, 4.69) is 5.32 Å². The number of ether oxygens (including phenoxy) is 2. The summed E-state index contributed by atoms with van der Waals surface area (Å²) in [4.78, 5) is 49.6. The third-order valence-corrected chi connectivity index (χ3v) is 5.73. The van der Waals surface area contributed by atoms with Crippen molar-refractivity contribution in [3.63, 3.8) is 0 Å². The first-order chi connectivity index (χ1) is 15.0. The molecular weight excluding hydrogens is 400 g/mol. The van der Waals surface area contributed by atoms with Gasteiger partial charge in [-0.05, 0) is 56.2 Å². The Labute approximate surface area is 182 Å². The number of benzene rings is 1. The number of carbonyl (C=O) groups is 4. The molecule has 1 saturated heterocycles. The number of rotatable bonds is 8. The van der Waals surface area contributed by atoms with Crippen LogP contribution in [0.1, 0.15) is 60.5 Å². The van der Waals surface area contributed by atoms with Crippen LogP contribution in [0.15, 0.2) is 18.2 Å². The summed E-state index contributed by atoms with van der Waals surface area (Å²) in [5, 5.41) is 2.82. The molecule has 2 amide bonds. The molecule has 1 heterocycles. The summed E-state index contributed by atoms with van der Waals surface area (Å²) in [5.41, 5.74) is 3.15. The number of nitrogens with zero attached hydrogens (tertiary/aromatic N) is 1. The summed E-state index contributed by atoms with van der Waals surface area (Å²) < 4.78 is 9.98. The second kappa shape index (κ2) is 10.9. The Kier molecular flexibility index (Phi) is 8.03. The van der Waals surface area contributed by atoms with Gasteiger partial charge in [0.15, 0.2) is 12.4 Å². The zero-order chi connectivity index (χ0) is 22.2. The van der Waals surface area contributed by atoms with Gasteiger partial charge >= 0.3 is 12.1 Å². The molecular formula is C23H30N2O6. The largest absolute Gasteiger partial charge is 0.456 e. The van der Waals surface area contributed by atoms with Crippen LogP contribution in [0.4, 0.5) is 4.79 Å². The minimum atomic E-state index is -0.568. The molecule has 1 aliphatic carbocycles. The molecule has 3 rings (SSSR count). The van der Waals surface area contributed by atoms with Gasteiger partial charge in [-0.3, -0.25) is 14.4 Å². The van der Waals surface area contributed by atoms with Crippen molar-refractivity contribution in [3.8, 4) is 0 Å². The molecule has 0 saturated carbocycles. The van der Waals surface area contributed by atoms with Gasteiger partial charge in [-0.2, -0.15) is 0 Å². The lowest BCUT2D eigenvalue weighted by Crippen LogP contribution is -2.47. The Hall–Kier alpha value is -2.90. The summed E-state index contributed by atoms with van der Waals surface area (Å²) in [6.45, 7) is 2.74. The quantitative estimate of drug-likeness (QED) is 0.502. The molecule has 1 N–H and O–H groups in total. The van der Waals surface area contributed by atoms with Crippen LogP contribution >= 0.6 is 0 Å². The first-order valence-corrected chi connectivity index (χ1v) is 11.0. The monoisotopic (exact) mass is 430 g/mol. The summed E-state index contributed by atoms with van der Waals surface area (Å²) in [5.74, 6) is -1.04. The number of fused-ring (bicyclic) bond motifs is 1. The van der Waals surface area contributed by atoms with Crippen LogP contribution in [0.5, 0.6) is 0 Å². The Morgan fingerprint density at radius 3 is 2.52 bits per heavy atom. The average molecular weight is 431 g/mol. The Morgan fingerprint density at radius 1 is 1.03 bits per heavy atom. The molecule has 8 nitrogen and oxygen atoms in total. The number of amides is 2. The minimum absolute atomic E-state index is 0.0544. The van der Waals surface area contributed by atoms with Gasteiger partial charge in [0.25, 0.3) is 5.91 Å². The maximum atomic E-state index is 12.3. The maximum Gasteiger partial charge on any atom is 0.409 e. The molecule has 31 heavy (non-hydrogen) atoms. The molecule has 1 aromatic carbocycles. The molecule has 0 atom stereocenters. The summed E-state index contributed by atoms with van der Waals surface area (Å²) in [6, 6.07) is 5.67. The third-order valence-electron chi connectivity index (χ3n) is 5.73. The van der Waals surface area contributed by atoms with Crippen LogP contribution in [0.2, 0.25) is 0 Å². The van der Waals surface area contributed by atoms with Crippen molar-refractivity contribution >= 4 is 23.8 Å². The first-order valence-electron chi connectivity index (χ1n) is 11.0. The van der Waals surface area contributed by atoms with E-state index >= 15 is 0 Å². The van der Waals surface area contributed by atoms with Gasteiger partial charge in [0, 0.05) is 31.1 Å². The fourth-order valence-corrected chi connectivity index (χ4v) is 4.01. The molecule has 1 fully saturated rings. The number of nitrogens with one attached hydrogen (secondary N) is 1. The van der Waals surface area contributed by atoms with Gasteiger partial charge in [0.2, 0.25) is 0 Å². The first kappa shape index (κ1) is 22.8. The van der Waals surface area contributed by atoms with Gasteiger partial charge in [-0.25, -0.2) is 4.79 Å². The van der Waals surface area contributed by atoms with Crippen molar-refractivity contribution < 1.29 is 28.7 Å². The van der Waals surface area contributed by atoms with E-state index in [1.807, 2.05) is 18.2 Å². The lowest BCUT2D eigenvalue weighted by atomic mass is 10.0. The van der Waals surface area contributed by atoms with Crippen LogP contribution in [0.25, 0.3) is 0 Å². The van der Waals surface area contributed by atoms with Crippen molar-refractivity contribution in [2.45, 2.75) is 57.9 Å². The molecule has 1 aromatic rings. The lowest BCUT2D eigenvalue weighted by molar-refractivity contribution is -0.148. The molecule has 0 radical (unpaired) electrons. The van der Waals surface area contributed by atoms with E-state index in [-0.39, 0.29) is 43.3 Å². The number of piperidine rings is 1. The number of carbonyl (C=O) groups excluding carboxylic acids is 4. The van der Waals surface area contributed by atoms with E-state index in [9.17, 15) is 19.2 Å². The number of ketones is 1. The van der Waals surface area contributed by atoms with E-state index in [1.165, 1.54) is 11.1 Å². The fourth-order valence-electron chi connectivity index (χ4n) is 4.01. The number of hydrogen-bond donors (Lipinski definition) is 1. The Bertz CT molecular complexity index is 829. The fraction of sp³-hybridized carbons (Fsp3) is 0.565. The number of likely N-dealkylation sites (tertiary alicyclic amines) is 1. The molecule has 0 bridgehead atoms. The average Bonchev–Trinajstić information content (AvgIpc) is 3.24. The lowest BCUT2D eigenvalue weighted by Gasteiger charge is -2.31. The van der Waals surface area contributed by atoms with Gasteiger partial charge in [-0.15, -0.1) is 0 Å². The predicted molar refractivity (Wildman–Crippen MR) is 113 cm³/mol. The summed E-state index contributed by atoms with van der Waals surface area (Å²) in [7, 11) is 0. The Morgan fingerprint density at radius 2 is 1.77 bits per heavy atom. The molecule has 168 valence electrons. The second-order valence-electron chi connectivity index (χ2n) is 7.95. The smallest absolute Gasteiger partial charge is 0.409 e. The Balaban J connectivity index is 1.32. The van der Waals surface area contributed by atoms with E-state index in [4.69, 9.17) is 9.47 Å². The van der Waals surface area contributed by atoms with Crippen LogP contribution in [-0.4, -0.2) is 61.0 Å². The zero-order valence-electron chi connectivity index (χ0n) is 18.0. The zero-order valence-corrected chi connectivity index (χ0v) is 18.0. The van der Waals surface area contributed by atoms with Crippen LogP contribution in [-0.2, 0) is 31.9 Å². The van der Waals surface area contributed by atoms with Gasteiger partial charge in [0.1, 0.15) is 0 Å². The number of esters is 1. The van der Waals surface area contributed by atoms with Gasteiger partial charge in [0.05, 0.1) is 13.0 Å². The molecule has 0 unspecified atom stereocenters. The minimum Gasteiger partial charge on any atom is -0.456 e. The topological polar surface area (TPSA) is 102 Å². The summed E-state index contributed by atoms with van der Waals surface area (Å²) in [6.07, 6.45) is 4.08. The van der Waals surface area contributed by atoms with Crippen molar-refractivity contribution in [2.75, 3.05) is 26.3 Å². The van der Waals surface area contributed by atoms with E-state index in [0.29, 0.717) is 38.1 Å². The van der Waals surface area contributed by atoms with E-state index < -0.39 is 5.97 Å². The van der Waals surface area contributed by atoms with Crippen LogP contribution in [0, 0.1) is 0 Å². The third kappa shape index (κ3) is 6.54. The highest BCUT2D eigenvalue weighted by molar-refractivity contribution is 5.98. The van der Waals surface area contributed by atoms with E-state index in [1.54, 1.807) is 11.8 Å². The molecule has 1 aliphatic heterocycles. The van der Waals surface area contributed by atoms with Crippen molar-refractivity contribution in [1.29, 1.82) is 0 Å². The van der Waals surface area contributed by atoms with Gasteiger partial charge < -0.3 is 19.7 Å². The van der Waals surface area contributed by atoms with Crippen molar-refractivity contribution in [2.24, 2.45) is 0 Å². The molecule has 0 aromatic heterocycles. The molecule has 8 heteroatoms.